The number of carbonyl (C=O) groups excluding carboxylic acids is 2. The summed E-state index contributed by atoms with van der Waals surface area (Å²) in [4.78, 5) is 22.6. The number of esters is 2. The van der Waals surface area contributed by atoms with E-state index in [-0.39, 0.29) is 11.7 Å². The van der Waals surface area contributed by atoms with Crippen LogP contribution >= 0.6 is 23.6 Å². The predicted molar refractivity (Wildman–Crippen MR) is 76.6 cm³/mol. The second kappa shape index (κ2) is 7.05. The Morgan fingerprint density at radius 2 is 2.05 bits per heavy atom. The van der Waals surface area contributed by atoms with Crippen molar-refractivity contribution in [3.8, 4) is 0 Å². The van der Waals surface area contributed by atoms with Crippen LogP contribution in [0.5, 0.6) is 0 Å². The molecule has 0 amide bonds. The molecule has 0 saturated heterocycles. The molecule has 104 valence electrons. The van der Waals surface area contributed by atoms with Crippen LogP contribution in [0, 0.1) is 6.92 Å². The van der Waals surface area contributed by atoms with Gasteiger partial charge in [-0.25, -0.2) is 4.79 Å². The number of anilines is 1. The van der Waals surface area contributed by atoms with E-state index in [1.807, 2.05) is 5.38 Å². The molecule has 0 bridgehead atoms. The second-order valence-electron chi connectivity index (χ2n) is 3.50. The Labute approximate surface area is 120 Å². The van der Waals surface area contributed by atoms with Gasteiger partial charge >= 0.3 is 11.9 Å². The van der Waals surface area contributed by atoms with Crippen molar-refractivity contribution < 1.29 is 19.1 Å². The van der Waals surface area contributed by atoms with Crippen molar-refractivity contribution >= 4 is 45.6 Å². The summed E-state index contributed by atoms with van der Waals surface area (Å²) in [5.41, 5.74) is 1.24. The summed E-state index contributed by atoms with van der Waals surface area (Å²) in [6.45, 7) is 1.76. The average Bonchev–Trinajstić information content (AvgIpc) is 2.76. The van der Waals surface area contributed by atoms with E-state index in [9.17, 15) is 9.59 Å². The predicted octanol–water partition coefficient (Wildman–Crippen LogP) is 1.30. The minimum atomic E-state index is -0.433. The zero-order valence-electron chi connectivity index (χ0n) is 10.7. The first-order chi connectivity index (χ1) is 8.99. The lowest BCUT2D eigenvalue weighted by Gasteiger charge is -2.09. The maximum absolute atomic E-state index is 11.6. The van der Waals surface area contributed by atoms with Crippen molar-refractivity contribution in [1.82, 2.24) is 5.32 Å². The van der Waals surface area contributed by atoms with Crippen LogP contribution in [0.1, 0.15) is 15.9 Å². The minimum absolute atomic E-state index is 0.0414. The molecule has 1 rings (SSSR count). The number of thiophene rings is 1. The summed E-state index contributed by atoms with van der Waals surface area (Å²) in [6.07, 6.45) is 0. The van der Waals surface area contributed by atoms with Crippen LogP contribution in [0.25, 0.3) is 0 Å². The molecular formula is C11H14N2O4S2. The lowest BCUT2D eigenvalue weighted by molar-refractivity contribution is -0.139. The van der Waals surface area contributed by atoms with Crippen LogP contribution in [-0.2, 0) is 14.3 Å². The molecule has 19 heavy (non-hydrogen) atoms. The summed E-state index contributed by atoms with van der Waals surface area (Å²) >= 11 is 6.35. The van der Waals surface area contributed by atoms with Crippen LogP contribution in [0.15, 0.2) is 5.38 Å². The smallest absolute Gasteiger partial charge is 0.341 e. The number of hydrogen-bond acceptors (Lipinski definition) is 6. The van der Waals surface area contributed by atoms with Crippen molar-refractivity contribution in [1.29, 1.82) is 0 Å². The van der Waals surface area contributed by atoms with Crippen molar-refractivity contribution in [3.63, 3.8) is 0 Å². The third kappa shape index (κ3) is 4.18. The van der Waals surface area contributed by atoms with Crippen molar-refractivity contribution in [3.05, 3.63) is 16.5 Å². The molecule has 0 unspecified atom stereocenters. The SMILES string of the molecule is COC(=O)CNC(=S)Nc1scc(C)c1C(=O)OC. The first kappa shape index (κ1) is 15.4. The van der Waals surface area contributed by atoms with E-state index in [4.69, 9.17) is 17.0 Å². The first-order valence-electron chi connectivity index (χ1n) is 5.27. The molecule has 0 atom stereocenters. The summed E-state index contributed by atoms with van der Waals surface area (Å²) in [7, 11) is 2.61. The van der Waals surface area contributed by atoms with E-state index in [0.717, 1.165) is 5.56 Å². The molecule has 1 aromatic rings. The van der Waals surface area contributed by atoms with Gasteiger partial charge in [-0.3, -0.25) is 4.79 Å². The largest absolute Gasteiger partial charge is 0.468 e. The molecule has 0 fully saturated rings. The van der Waals surface area contributed by atoms with E-state index < -0.39 is 11.9 Å². The standard InChI is InChI=1S/C11H14N2O4S2/c1-6-5-19-9(8(6)10(15)17-3)13-11(18)12-4-7(14)16-2/h5H,4H2,1-3H3,(H2,12,13,18). The van der Waals surface area contributed by atoms with Gasteiger partial charge in [0.05, 0.1) is 19.8 Å². The third-order valence-electron chi connectivity index (χ3n) is 2.21. The van der Waals surface area contributed by atoms with Gasteiger partial charge in [-0.05, 0) is 30.1 Å². The number of nitrogens with one attached hydrogen (secondary N) is 2. The topological polar surface area (TPSA) is 76.7 Å². The van der Waals surface area contributed by atoms with Gasteiger partial charge < -0.3 is 20.1 Å². The number of ether oxygens (including phenoxy) is 2. The van der Waals surface area contributed by atoms with E-state index in [0.29, 0.717) is 10.6 Å². The fraction of sp³-hybridized carbons (Fsp3) is 0.364. The second-order valence-corrected chi connectivity index (χ2v) is 4.79. The highest BCUT2D eigenvalue weighted by Gasteiger charge is 2.18. The Balaban J connectivity index is 2.69. The molecule has 0 aliphatic carbocycles. The Morgan fingerprint density at radius 3 is 2.63 bits per heavy atom. The molecule has 0 aliphatic rings. The molecule has 1 aromatic heterocycles. The third-order valence-corrected chi connectivity index (χ3v) is 3.47. The fourth-order valence-corrected chi connectivity index (χ4v) is 2.44. The van der Waals surface area contributed by atoms with Gasteiger partial charge in [0, 0.05) is 0 Å². The zero-order valence-corrected chi connectivity index (χ0v) is 12.4. The Hall–Kier alpha value is -1.67. The van der Waals surface area contributed by atoms with Gasteiger partial charge in [0.25, 0.3) is 0 Å². The normalized spacial score (nSPS) is 9.63. The lowest BCUT2D eigenvalue weighted by Crippen LogP contribution is -2.33. The molecule has 8 heteroatoms. The number of aryl methyl sites for hydroxylation is 1. The highest BCUT2D eigenvalue weighted by atomic mass is 32.1. The van der Waals surface area contributed by atoms with E-state index in [1.54, 1.807) is 6.92 Å². The van der Waals surface area contributed by atoms with Crippen LogP contribution in [0.4, 0.5) is 5.00 Å². The minimum Gasteiger partial charge on any atom is -0.468 e. The van der Waals surface area contributed by atoms with Crippen molar-refractivity contribution in [2.24, 2.45) is 0 Å². The van der Waals surface area contributed by atoms with Crippen molar-refractivity contribution in [2.75, 3.05) is 26.1 Å². The van der Waals surface area contributed by atoms with Crippen LogP contribution < -0.4 is 10.6 Å². The van der Waals surface area contributed by atoms with Crippen LogP contribution in [0.3, 0.4) is 0 Å². The van der Waals surface area contributed by atoms with Gasteiger partial charge in [0.1, 0.15) is 11.5 Å². The quantitative estimate of drug-likeness (QED) is 0.641. The Morgan fingerprint density at radius 1 is 1.37 bits per heavy atom. The number of thiocarbonyl (C=S) groups is 1. The van der Waals surface area contributed by atoms with E-state index in [1.165, 1.54) is 25.6 Å². The number of hydrogen-bond donors (Lipinski definition) is 2. The molecule has 1 heterocycles. The average molecular weight is 302 g/mol. The molecule has 2 N–H and O–H groups in total. The molecule has 0 aliphatic heterocycles. The molecule has 0 radical (unpaired) electrons. The highest BCUT2D eigenvalue weighted by Crippen LogP contribution is 2.28. The summed E-state index contributed by atoms with van der Waals surface area (Å²) in [5.74, 6) is -0.864. The Bertz CT molecular complexity index is 499. The van der Waals surface area contributed by atoms with Gasteiger partial charge in [-0.1, -0.05) is 0 Å². The molecular weight excluding hydrogens is 288 g/mol. The maximum Gasteiger partial charge on any atom is 0.341 e. The Kier molecular flexibility index (Phi) is 5.71. The van der Waals surface area contributed by atoms with Crippen LogP contribution in [0.2, 0.25) is 0 Å². The molecule has 0 aromatic carbocycles. The number of carbonyl (C=O) groups is 2. The number of methoxy groups -OCH3 is 2. The lowest BCUT2D eigenvalue weighted by atomic mass is 10.2. The monoisotopic (exact) mass is 302 g/mol. The van der Waals surface area contributed by atoms with Gasteiger partial charge in [-0.2, -0.15) is 0 Å². The van der Waals surface area contributed by atoms with Crippen molar-refractivity contribution in [2.45, 2.75) is 6.92 Å². The summed E-state index contributed by atoms with van der Waals surface area (Å²) < 4.78 is 9.18. The zero-order chi connectivity index (χ0) is 14.4. The maximum atomic E-state index is 11.6. The molecule has 6 nitrogen and oxygen atoms in total. The van der Waals surface area contributed by atoms with E-state index in [2.05, 4.69) is 15.4 Å². The first-order valence-corrected chi connectivity index (χ1v) is 6.56. The molecule has 0 spiro atoms. The van der Waals surface area contributed by atoms with Gasteiger partial charge in [0.15, 0.2) is 5.11 Å². The fourth-order valence-electron chi connectivity index (χ4n) is 1.26. The highest BCUT2D eigenvalue weighted by molar-refractivity contribution is 7.80. The molecule has 0 saturated carbocycles. The van der Waals surface area contributed by atoms with Gasteiger partial charge in [0.2, 0.25) is 0 Å². The summed E-state index contributed by atoms with van der Waals surface area (Å²) in [5, 5.41) is 8.16. The number of rotatable bonds is 4. The summed E-state index contributed by atoms with van der Waals surface area (Å²) in [6, 6.07) is 0. The van der Waals surface area contributed by atoms with E-state index >= 15 is 0 Å². The van der Waals surface area contributed by atoms with Gasteiger partial charge in [-0.15, -0.1) is 11.3 Å². The van der Waals surface area contributed by atoms with Crippen LogP contribution in [-0.4, -0.2) is 37.8 Å².